The Hall–Kier alpha value is -2.55. The predicted molar refractivity (Wildman–Crippen MR) is 107 cm³/mol. The largest absolute Gasteiger partial charge is 0.377 e. The fourth-order valence-electron chi connectivity index (χ4n) is 4.34. The number of para-hydroxylation sites is 1. The topological polar surface area (TPSA) is 41.1 Å². The number of amides is 1. The quantitative estimate of drug-likeness (QED) is 0.771. The predicted octanol–water partition coefficient (Wildman–Crippen LogP) is 4.96. The van der Waals surface area contributed by atoms with Crippen LogP contribution in [0.25, 0.3) is 0 Å². The highest BCUT2D eigenvalue weighted by Gasteiger charge is 2.39. The Labute approximate surface area is 155 Å². The van der Waals surface area contributed by atoms with Gasteiger partial charge >= 0.3 is 0 Å². The number of carbonyl (C=O) groups excluding carboxylic acids is 1. The zero-order valence-corrected chi connectivity index (χ0v) is 15.6. The lowest BCUT2D eigenvalue weighted by Gasteiger charge is -2.38. The molecule has 4 rings (SSSR count). The van der Waals surface area contributed by atoms with E-state index in [1.54, 1.807) is 0 Å². The van der Waals surface area contributed by atoms with Gasteiger partial charge in [0.15, 0.2) is 0 Å². The zero-order valence-electron chi connectivity index (χ0n) is 15.6. The molecule has 3 heteroatoms. The second kappa shape index (κ2) is 6.64. The van der Waals surface area contributed by atoms with Gasteiger partial charge < -0.3 is 10.6 Å². The van der Waals surface area contributed by atoms with Crippen LogP contribution in [0.2, 0.25) is 0 Å². The first-order valence-electron chi connectivity index (χ1n) is 9.48. The van der Waals surface area contributed by atoms with Gasteiger partial charge in [-0.2, -0.15) is 0 Å². The van der Waals surface area contributed by atoms with Gasteiger partial charge in [0.25, 0.3) is 5.91 Å². The zero-order chi connectivity index (χ0) is 18.3. The number of fused-ring (bicyclic) bond motifs is 3. The minimum Gasteiger partial charge on any atom is -0.377 e. The first-order chi connectivity index (χ1) is 12.5. The molecule has 2 aliphatic rings. The van der Waals surface area contributed by atoms with Crippen LogP contribution in [0.1, 0.15) is 59.3 Å². The van der Waals surface area contributed by atoms with Gasteiger partial charge in [0.2, 0.25) is 0 Å². The van der Waals surface area contributed by atoms with Gasteiger partial charge in [-0.25, -0.2) is 0 Å². The number of hydrogen-bond acceptors (Lipinski definition) is 2. The first kappa shape index (κ1) is 16.9. The standard InChI is InChI=1S/C23H26N2O/c1-14(2)24-23(26)20-12-6-11-19-17-9-5-10-18(17)21(25-22(19)20)16-8-4-7-15(3)13-16/h4-9,11-14,17-18,21,25H,10H2,1-3H3,(H,24,26). The summed E-state index contributed by atoms with van der Waals surface area (Å²) in [5, 5.41) is 6.77. The number of anilines is 1. The molecule has 1 amide bonds. The Morgan fingerprint density at radius 2 is 2.00 bits per heavy atom. The van der Waals surface area contributed by atoms with E-state index in [9.17, 15) is 4.79 Å². The van der Waals surface area contributed by atoms with Gasteiger partial charge in [0.05, 0.1) is 17.3 Å². The molecule has 2 aromatic rings. The van der Waals surface area contributed by atoms with E-state index in [4.69, 9.17) is 0 Å². The van der Waals surface area contributed by atoms with Crippen molar-refractivity contribution < 1.29 is 4.79 Å². The monoisotopic (exact) mass is 346 g/mol. The lowest BCUT2D eigenvalue weighted by atomic mass is 9.76. The lowest BCUT2D eigenvalue weighted by molar-refractivity contribution is 0.0943. The Kier molecular flexibility index (Phi) is 4.31. The van der Waals surface area contributed by atoms with E-state index in [2.05, 4.69) is 60.0 Å². The summed E-state index contributed by atoms with van der Waals surface area (Å²) in [6, 6.07) is 15.1. The molecule has 2 aromatic carbocycles. The Balaban J connectivity index is 1.78. The molecule has 0 radical (unpaired) electrons. The second-order valence-electron chi connectivity index (χ2n) is 7.79. The number of hydrogen-bond donors (Lipinski definition) is 2. The molecule has 0 spiro atoms. The van der Waals surface area contributed by atoms with Crippen molar-refractivity contribution in [3.63, 3.8) is 0 Å². The van der Waals surface area contributed by atoms with Gasteiger partial charge in [0, 0.05) is 12.0 Å². The molecule has 0 bridgehead atoms. The van der Waals surface area contributed by atoms with Crippen molar-refractivity contribution in [1.29, 1.82) is 0 Å². The van der Waals surface area contributed by atoms with Crippen molar-refractivity contribution in [3.8, 4) is 0 Å². The second-order valence-corrected chi connectivity index (χ2v) is 7.79. The van der Waals surface area contributed by atoms with Crippen LogP contribution in [-0.4, -0.2) is 11.9 Å². The molecule has 2 N–H and O–H groups in total. The smallest absolute Gasteiger partial charge is 0.253 e. The van der Waals surface area contributed by atoms with Gasteiger partial charge in [-0.05, 0) is 50.3 Å². The van der Waals surface area contributed by atoms with Crippen LogP contribution in [0.5, 0.6) is 0 Å². The fourth-order valence-corrected chi connectivity index (χ4v) is 4.34. The molecule has 3 unspecified atom stereocenters. The first-order valence-corrected chi connectivity index (χ1v) is 9.48. The maximum Gasteiger partial charge on any atom is 0.253 e. The van der Waals surface area contributed by atoms with E-state index in [0.29, 0.717) is 11.8 Å². The van der Waals surface area contributed by atoms with Gasteiger partial charge in [0.1, 0.15) is 0 Å². The summed E-state index contributed by atoms with van der Waals surface area (Å²) in [6.07, 6.45) is 5.67. The summed E-state index contributed by atoms with van der Waals surface area (Å²) in [7, 11) is 0. The number of rotatable bonds is 3. The Bertz CT molecular complexity index is 868. The van der Waals surface area contributed by atoms with Crippen molar-refractivity contribution >= 4 is 11.6 Å². The molecule has 0 aromatic heterocycles. The molecule has 0 saturated heterocycles. The van der Waals surface area contributed by atoms with E-state index in [-0.39, 0.29) is 18.0 Å². The highest BCUT2D eigenvalue weighted by Crippen LogP contribution is 2.50. The number of allylic oxidation sites excluding steroid dienone is 2. The van der Waals surface area contributed by atoms with Gasteiger partial charge in [-0.15, -0.1) is 0 Å². The molecule has 0 saturated carbocycles. The fraction of sp³-hybridized carbons (Fsp3) is 0.348. The van der Waals surface area contributed by atoms with Crippen molar-refractivity contribution in [1.82, 2.24) is 5.32 Å². The average molecular weight is 346 g/mol. The van der Waals surface area contributed by atoms with Crippen LogP contribution < -0.4 is 10.6 Å². The molecule has 3 atom stereocenters. The SMILES string of the molecule is Cc1cccc(C2Nc3c(C(=O)NC(C)C)cccc3C3C=CCC32)c1. The lowest BCUT2D eigenvalue weighted by Crippen LogP contribution is -2.34. The minimum absolute atomic E-state index is 0.00670. The number of nitrogens with one attached hydrogen (secondary N) is 2. The third-order valence-electron chi connectivity index (χ3n) is 5.46. The van der Waals surface area contributed by atoms with Crippen molar-refractivity contribution in [3.05, 3.63) is 76.9 Å². The van der Waals surface area contributed by atoms with Crippen LogP contribution in [-0.2, 0) is 0 Å². The summed E-state index contributed by atoms with van der Waals surface area (Å²) in [5.41, 5.74) is 5.54. The van der Waals surface area contributed by atoms with E-state index >= 15 is 0 Å². The minimum atomic E-state index is -0.00670. The molecule has 1 heterocycles. The van der Waals surface area contributed by atoms with Gasteiger partial charge in [-0.1, -0.05) is 54.1 Å². The normalized spacial score (nSPS) is 23.3. The molecular formula is C23H26N2O. The Morgan fingerprint density at radius 1 is 1.19 bits per heavy atom. The van der Waals surface area contributed by atoms with Crippen LogP contribution in [0.15, 0.2) is 54.6 Å². The average Bonchev–Trinajstić information content (AvgIpc) is 3.10. The molecule has 0 fully saturated rings. The van der Waals surface area contributed by atoms with Gasteiger partial charge in [-0.3, -0.25) is 4.79 Å². The highest BCUT2D eigenvalue weighted by atomic mass is 16.1. The molecule has 1 aliphatic heterocycles. The molecule has 134 valence electrons. The summed E-state index contributed by atoms with van der Waals surface area (Å²) < 4.78 is 0. The van der Waals surface area contributed by atoms with E-state index in [1.165, 1.54) is 16.7 Å². The summed E-state index contributed by atoms with van der Waals surface area (Å²) in [4.78, 5) is 12.7. The van der Waals surface area contributed by atoms with E-state index in [1.807, 2.05) is 26.0 Å². The summed E-state index contributed by atoms with van der Waals surface area (Å²) in [6.45, 7) is 6.12. The van der Waals surface area contributed by atoms with E-state index < -0.39 is 0 Å². The van der Waals surface area contributed by atoms with E-state index in [0.717, 1.165) is 17.7 Å². The maximum absolute atomic E-state index is 12.7. The van der Waals surface area contributed by atoms with Crippen molar-refractivity contribution in [2.24, 2.45) is 5.92 Å². The molecular weight excluding hydrogens is 320 g/mol. The van der Waals surface area contributed by atoms with Crippen LogP contribution in [0, 0.1) is 12.8 Å². The number of aryl methyl sites for hydroxylation is 1. The maximum atomic E-state index is 12.7. The third kappa shape index (κ3) is 2.92. The van der Waals surface area contributed by atoms with Crippen LogP contribution in [0.3, 0.4) is 0 Å². The number of carbonyl (C=O) groups is 1. The molecule has 3 nitrogen and oxygen atoms in total. The molecule has 1 aliphatic carbocycles. The number of benzene rings is 2. The van der Waals surface area contributed by atoms with Crippen LogP contribution in [0.4, 0.5) is 5.69 Å². The molecule has 26 heavy (non-hydrogen) atoms. The highest BCUT2D eigenvalue weighted by molar-refractivity contribution is 6.01. The summed E-state index contributed by atoms with van der Waals surface area (Å²) in [5.74, 6) is 0.851. The Morgan fingerprint density at radius 3 is 2.77 bits per heavy atom. The van der Waals surface area contributed by atoms with Crippen LogP contribution >= 0.6 is 0 Å². The third-order valence-corrected chi connectivity index (χ3v) is 5.46. The van der Waals surface area contributed by atoms with Crippen molar-refractivity contribution in [2.45, 2.75) is 45.2 Å². The summed E-state index contributed by atoms with van der Waals surface area (Å²) >= 11 is 0. The van der Waals surface area contributed by atoms with Crippen molar-refractivity contribution in [2.75, 3.05) is 5.32 Å².